The maximum atomic E-state index is 12.4. The van der Waals surface area contributed by atoms with Crippen molar-refractivity contribution in [3.05, 3.63) is 0 Å². The van der Waals surface area contributed by atoms with Crippen molar-refractivity contribution < 1.29 is 9.59 Å². The van der Waals surface area contributed by atoms with E-state index in [0.29, 0.717) is 12.5 Å². The number of amides is 2. The zero-order valence-electron chi connectivity index (χ0n) is 15.9. The second-order valence-electron chi connectivity index (χ2n) is 8.56. The van der Waals surface area contributed by atoms with Crippen molar-refractivity contribution in [3.63, 3.8) is 0 Å². The number of rotatable bonds is 5. The van der Waals surface area contributed by atoms with Crippen molar-refractivity contribution >= 4 is 11.8 Å². The number of piperidine rings is 1. The third-order valence-corrected chi connectivity index (χ3v) is 5.32. The molecule has 5 nitrogen and oxygen atoms in total. The van der Waals surface area contributed by atoms with Crippen LogP contribution in [-0.4, -0.2) is 60.4 Å². The molecule has 0 bridgehead atoms. The molecule has 0 unspecified atom stereocenters. The number of nitrogens with one attached hydrogen (secondary N) is 1. The highest BCUT2D eigenvalue weighted by Gasteiger charge is 2.30. The van der Waals surface area contributed by atoms with E-state index in [1.165, 1.54) is 12.8 Å². The van der Waals surface area contributed by atoms with Gasteiger partial charge in [-0.2, -0.15) is 0 Å². The Morgan fingerprint density at radius 1 is 1.08 bits per heavy atom. The Kier molecular flexibility index (Phi) is 6.67. The van der Waals surface area contributed by atoms with Crippen molar-refractivity contribution in [1.82, 2.24) is 15.1 Å². The number of likely N-dealkylation sites (N-methyl/N-ethyl adjacent to an activating group) is 1. The van der Waals surface area contributed by atoms with Crippen LogP contribution in [0, 0.1) is 11.3 Å². The fourth-order valence-electron chi connectivity index (χ4n) is 3.86. The minimum Gasteiger partial charge on any atom is -0.354 e. The molecule has 0 aromatic carbocycles. The number of carbonyl (C=O) groups is 2. The summed E-state index contributed by atoms with van der Waals surface area (Å²) in [5.74, 6) is 0.479. The van der Waals surface area contributed by atoms with Gasteiger partial charge in [0.1, 0.15) is 0 Å². The van der Waals surface area contributed by atoms with Crippen LogP contribution in [0.15, 0.2) is 0 Å². The summed E-state index contributed by atoms with van der Waals surface area (Å²) in [4.78, 5) is 29.1. The molecule has 2 saturated heterocycles. The van der Waals surface area contributed by atoms with Gasteiger partial charge in [-0.25, -0.2) is 0 Å². The molecule has 5 heteroatoms. The number of nitrogens with zero attached hydrogens (tertiary/aromatic N) is 2. The molecule has 2 rings (SSSR count). The van der Waals surface area contributed by atoms with Gasteiger partial charge < -0.3 is 10.2 Å². The van der Waals surface area contributed by atoms with Gasteiger partial charge >= 0.3 is 0 Å². The highest BCUT2D eigenvalue weighted by Crippen LogP contribution is 2.23. The molecule has 0 aliphatic carbocycles. The number of carbonyl (C=O) groups excluding carboxylic acids is 2. The molecule has 0 radical (unpaired) electrons. The van der Waals surface area contributed by atoms with Crippen molar-refractivity contribution in [1.29, 1.82) is 0 Å². The number of hydrogen-bond donors (Lipinski definition) is 1. The summed E-state index contributed by atoms with van der Waals surface area (Å²) in [6.07, 6.45) is 4.60. The molecule has 1 N–H and O–H groups in total. The van der Waals surface area contributed by atoms with Crippen LogP contribution in [-0.2, 0) is 9.59 Å². The Balaban J connectivity index is 1.71. The zero-order chi connectivity index (χ0) is 17.7. The summed E-state index contributed by atoms with van der Waals surface area (Å²) in [7, 11) is 0. The minimum atomic E-state index is 0.0255. The van der Waals surface area contributed by atoms with E-state index in [-0.39, 0.29) is 23.1 Å². The van der Waals surface area contributed by atoms with Crippen molar-refractivity contribution in [2.45, 2.75) is 65.8 Å². The molecular formula is C19H35N3O2. The predicted molar refractivity (Wildman–Crippen MR) is 96.7 cm³/mol. The minimum absolute atomic E-state index is 0.0255. The second-order valence-corrected chi connectivity index (χ2v) is 8.56. The van der Waals surface area contributed by atoms with Gasteiger partial charge in [-0.1, -0.05) is 27.7 Å². The van der Waals surface area contributed by atoms with E-state index in [9.17, 15) is 9.59 Å². The van der Waals surface area contributed by atoms with Gasteiger partial charge in [0.2, 0.25) is 11.8 Å². The topological polar surface area (TPSA) is 52.7 Å². The van der Waals surface area contributed by atoms with Crippen LogP contribution in [0.5, 0.6) is 0 Å². The summed E-state index contributed by atoms with van der Waals surface area (Å²) in [6, 6.07) is 0.507. The van der Waals surface area contributed by atoms with Gasteiger partial charge in [0.25, 0.3) is 0 Å². The fourth-order valence-corrected chi connectivity index (χ4v) is 3.86. The van der Waals surface area contributed by atoms with Gasteiger partial charge in [0, 0.05) is 38.0 Å². The van der Waals surface area contributed by atoms with Gasteiger partial charge in [0.15, 0.2) is 0 Å². The molecule has 0 aromatic rings. The molecule has 2 heterocycles. The average Bonchev–Trinajstić information content (AvgIpc) is 2.98. The van der Waals surface area contributed by atoms with Gasteiger partial charge in [-0.15, -0.1) is 0 Å². The molecule has 2 aliphatic heterocycles. The van der Waals surface area contributed by atoms with Crippen LogP contribution in [0.4, 0.5) is 0 Å². The van der Waals surface area contributed by atoms with Crippen LogP contribution >= 0.6 is 0 Å². The molecule has 138 valence electrons. The molecule has 2 fully saturated rings. The van der Waals surface area contributed by atoms with Crippen molar-refractivity contribution in [2.75, 3.05) is 32.7 Å². The standard InChI is InChI=1S/C19H35N3O2/c1-5-21-10-6-7-16(21)14-20-18(24)15-8-11-22(12-9-15)17(23)13-19(2,3)4/h15-16H,5-14H2,1-4H3,(H,20,24)/t16-/m1/s1. The lowest BCUT2D eigenvalue weighted by Crippen LogP contribution is -2.46. The lowest BCUT2D eigenvalue weighted by Gasteiger charge is -2.33. The van der Waals surface area contributed by atoms with Crippen molar-refractivity contribution in [3.8, 4) is 0 Å². The first-order chi connectivity index (χ1) is 11.3. The summed E-state index contributed by atoms with van der Waals surface area (Å²) < 4.78 is 0. The fraction of sp³-hybridized carbons (Fsp3) is 0.895. The van der Waals surface area contributed by atoms with Crippen LogP contribution in [0.25, 0.3) is 0 Å². The lowest BCUT2D eigenvalue weighted by molar-refractivity contribution is -0.137. The first-order valence-corrected chi connectivity index (χ1v) is 9.59. The van der Waals surface area contributed by atoms with Gasteiger partial charge in [-0.3, -0.25) is 14.5 Å². The Morgan fingerprint density at radius 3 is 2.33 bits per heavy atom. The number of hydrogen-bond acceptors (Lipinski definition) is 3. The van der Waals surface area contributed by atoms with Gasteiger partial charge in [0.05, 0.1) is 0 Å². The maximum absolute atomic E-state index is 12.4. The molecule has 0 saturated carbocycles. The Hall–Kier alpha value is -1.10. The largest absolute Gasteiger partial charge is 0.354 e. The monoisotopic (exact) mass is 337 g/mol. The molecule has 24 heavy (non-hydrogen) atoms. The Bertz CT molecular complexity index is 436. The highest BCUT2D eigenvalue weighted by molar-refractivity contribution is 5.80. The van der Waals surface area contributed by atoms with Crippen LogP contribution < -0.4 is 5.32 Å². The van der Waals surface area contributed by atoms with E-state index in [1.807, 2.05) is 4.90 Å². The van der Waals surface area contributed by atoms with E-state index >= 15 is 0 Å². The molecule has 0 aromatic heterocycles. The predicted octanol–water partition coefficient (Wildman–Crippen LogP) is 2.26. The second kappa shape index (κ2) is 8.32. The Morgan fingerprint density at radius 2 is 1.75 bits per heavy atom. The van der Waals surface area contributed by atoms with Crippen molar-refractivity contribution in [2.24, 2.45) is 11.3 Å². The van der Waals surface area contributed by atoms with E-state index < -0.39 is 0 Å². The Labute approximate surface area is 147 Å². The zero-order valence-corrected chi connectivity index (χ0v) is 15.9. The third kappa shape index (κ3) is 5.47. The summed E-state index contributed by atoms with van der Waals surface area (Å²) in [5.41, 5.74) is 0.0255. The molecular weight excluding hydrogens is 302 g/mol. The lowest BCUT2D eigenvalue weighted by atomic mass is 9.90. The van der Waals surface area contributed by atoms with E-state index in [2.05, 4.69) is 37.9 Å². The summed E-state index contributed by atoms with van der Waals surface area (Å²) in [6.45, 7) is 12.9. The third-order valence-electron chi connectivity index (χ3n) is 5.32. The van der Waals surface area contributed by atoms with Crippen LogP contribution in [0.1, 0.15) is 59.8 Å². The van der Waals surface area contributed by atoms with Crippen LogP contribution in [0.3, 0.4) is 0 Å². The number of likely N-dealkylation sites (tertiary alicyclic amines) is 2. The van der Waals surface area contributed by atoms with E-state index in [4.69, 9.17) is 0 Å². The van der Waals surface area contributed by atoms with E-state index in [0.717, 1.165) is 45.6 Å². The smallest absolute Gasteiger partial charge is 0.223 e. The highest BCUT2D eigenvalue weighted by atomic mass is 16.2. The molecule has 2 aliphatic rings. The summed E-state index contributed by atoms with van der Waals surface area (Å²) in [5, 5.41) is 3.16. The summed E-state index contributed by atoms with van der Waals surface area (Å²) >= 11 is 0. The SMILES string of the molecule is CCN1CCC[C@@H]1CNC(=O)C1CCN(C(=O)CC(C)(C)C)CC1. The first kappa shape index (κ1) is 19.2. The average molecular weight is 338 g/mol. The first-order valence-electron chi connectivity index (χ1n) is 9.59. The van der Waals surface area contributed by atoms with Crippen LogP contribution in [0.2, 0.25) is 0 Å². The maximum Gasteiger partial charge on any atom is 0.223 e. The molecule has 0 spiro atoms. The normalized spacial score (nSPS) is 23.5. The molecule has 1 atom stereocenters. The quantitative estimate of drug-likeness (QED) is 0.837. The van der Waals surface area contributed by atoms with Gasteiger partial charge in [-0.05, 0) is 44.2 Å². The molecule has 2 amide bonds. The van der Waals surface area contributed by atoms with E-state index in [1.54, 1.807) is 0 Å².